The van der Waals surface area contributed by atoms with Crippen molar-refractivity contribution >= 4 is 60.4 Å². The standard InChI is InChI=1S/C29H27N5O3S2/c1-18(2)21-9-14-26-25(16-21)27(32-33-29(38)31-23-10-12-24(13-11-23)39(30,36)37)28(35)34(26)17-19-7-8-20-5-3-4-6-22(20)15-19/h3-16,18,35H,17H2,1-2H3,(H,31,38)(H2,30,36,37). The minimum absolute atomic E-state index is 0.00861. The molecule has 0 radical (unpaired) electrons. The highest BCUT2D eigenvalue weighted by Gasteiger charge is 2.19. The number of azo groups is 1. The Bertz CT molecular complexity index is 1840. The van der Waals surface area contributed by atoms with Crippen LogP contribution in [0, 0.1) is 0 Å². The molecule has 0 spiro atoms. The van der Waals surface area contributed by atoms with Crippen molar-refractivity contribution in [3.8, 4) is 5.88 Å². The van der Waals surface area contributed by atoms with E-state index in [1.165, 1.54) is 24.3 Å². The van der Waals surface area contributed by atoms with Crippen LogP contribution < -0.4 is 10.5 Å². The molecule has 0 aliphatic heterocycles. The van der Waals surface area contributed by atoms with Gasteiger partial charge in [-0.25, -0.2) is 13.6 Å². The Kier molecular flexibility index (Phi) is 7.17. The first-order valence-electron chi connectivity index (χ1n) is 12.3. The van der Waals surface area contributed by atoms with Crippen LogP contribution in [0.2, 0.25) is 0 Å². The fraction of sp³-hybridized carbons (Fsp3) is 0.138. The summed E-state index contributed by atoms with van der Waals surface area (Å²) in [7, 11) is -3.79. The van der Waals surface area contributed by atoms with Gasteiger partial charge in [-0.3, -0.25) is 0 Å². The number of nitrogens with two attached hydrogens (primary N) is 1. The van der Waals surface area contributed by atoms with Crippen molar-refractivity contribution in [2.75, 3.05) is 5.32 Å². The molecule has 198 valence electrons. The first-order valence-corrected chi connectivity index (χ1v) is 14.2. The first-order chi connectivity index (χ1) is 18.6. The molecule has 0 amide bonds. The molecule has 1 aromatic heterocycles. The Labute approximate surface area is 231 Å². The number of fused-ring (bicyclic) bond motifs is 2. The summed E-state index contributed by atoms with van der Waals surface area (Å²) >= 11 is 5.33. The Morgan fingerprint density at radius 3 is 2.41 bits per heavy atom. The van der Waals surface area contributed by atoms with Crippen LogP contribution in [0.25, 0.3) is 21.7 Å². The number of benzene rings is 4. The number of primary sulfonamides is 1. The van der Waals surface area contributed by atoms with Crippen molar-refractivity contribution in [3.05, 3.63) is 96.1 Å². The van der Waals surface area contributed by atoms with E-state index in [0.717, 1.165) is 32.8 Å². The minimum atomic E-state index is -3.79. The zero-order chi connectivity index (χ0) is 27.7. The number of hydrogen-bond acceptors (Lipinski definition) is 5. The highest BCUT2D eigenvalue weighted by atomic mass is 32.2. The molecular formula is C29H27N5O3S2. The maximum absolute atomic E-state index is 11.5. The molecule has 0 saturated heterocycles. The average Bonchev–Trinajstić information content (AvgIpc) is 3.16. The monoisotopic (exact) mass is 557 g/mol. The van der Waals surface area contributed by atoms with E-state index < -0.39 is 10.0 Å². The van der Waals surface area contributed by atoms with Gasteiger partial charge in [0.1, 0.15) is 0 Å². The second-order valence-corrected chi connectivity index (χ2v) is 11.5. The maximum atomic E-state index is 11.5. The summed E-state index contributed by atoms with van der Waals surface area (Å²) in [5.74, 6) is 0.274. The summed E-state index contributed by atoms with van der Waals surface area (Å²) in [6.45, 7) is 4.66. The van der Waals surface area contributed by atoms with Crippen LogP contribution in [-0.2, 0) is 16.6 Å². The fourth-order valence-electron chi connectivity index (χ4n) is 4.45. The minimum Gasteiger partial charge on any atom is -0.493 e. The number of thiocarbonyl (C=S) groups is 1. The van der Waals surface area contributed by atoms with Crippen LogP contribution in [0.5, 0.6) is 5.88 Å². The summed E-state index contributed by atoms with van der Waals surface area (Å²) in [6, 6.07) is 26.3. The summed E-state index contributed by atoms with van der Waals surface area (Å²) in [4.78, 5) is -0.00861. The lowest BCUT2D eigenvalue weighted by Gasteiger charge is -2.09. The van der Waals surface area contributed by atoms with E-state index in [-0.39, 0.29) is 21.8 Å². The molecule has 5 rings (SSSR count). The molecule has 0 atom stereocenters. The maximum Gasteiger partial charge on any atom is 0.238 e. The number of sulfonamides is 1. The molecule has 0 aliphatic carbocycles. The van der Waals surface area contributed by atoms with E-state index in [0.29, 0.717) is 17.9 Å². The molecule has 4 aromatic carbocycles. The second-order valence-electron chi connectivity index (χ2n) is 9.57. The third kappa shape index (κ3) is 5.68. The van der Waals surface area contributed by atoms with Crippen molar-refractivity contribution in [2.24, 2.45) is 15.4 Å². The third-order valence-corrected chi connectivity index (χ3v) is 7.64. The Hall–Kier alpha value is -4.12. The van der Waals surface area contributed by atoms with Crippen LogP contribution >= 0.6 is 12.2 Å². The molecule has 5 aromatic rings. The van der Waals surface area contributed by atoms with E-state index in [2.05, 4.69) is 65.8 Å². The zero-order valence-corrected chi connectivity index (χ0v) is 23.0. The molecule has 1 heterocycles. The number of aromatic hydroxyl groups is 1. The number of hydrogen-bond donors (Lipinski definition) is 3. The normalized spacial score (nSPS) is 12.1. The number of rotatable bonds is 6. The lowest BCUT2D eigenvalue weighted by molar-refractivity contribution is 0.429. The van der Waals surface area contributed by atoms with Gasteiger partial charge in [0, 0.05) is 11.1 Å². The second kappa shape index (κ2) is 10.6. The van der Waals surface area contributed by atoms with Gasteiger partial charge in [0.05, 0.1) is 17.0 Å². The van der Waals surface area contributed by atoms with Crippen LogP contribution in [0.4, 0.5) is 11.4 Å². The summed E-state index contributed by atoms with van der Waals surface area (Å²) < 4.78 is 24.8. The number of aromatic nitrogens is 1. The quantitative estimate of drug-likeness (QED) is 0.157. The zero-order valence-electron chi connectivity index (χ0n) is 21.4. The predicted octanol–water partition coefficient (Wildman–Crippen LogP) is 6.80. The number of nitrogens with zero attached hydrogens (tertiary/aromatic N) is 3. The van der Waals surface area contributed by atoms with Crippen molar-refractivity contribution in [3.63, 3.8) is 0 Å². The van der Waals surface area contributed by atoms with Crippen LogP contribution in [-0.4, -0.2) is 23.2 Å². The lowest BCUT2D eigenvalue weighted by Crippen LogP contribution is -2.12. The van der Waals surface area contributed by atoms with E-state index in [9.17, 15) is 13.5 Å². The van der Waals surface area contributed by atoms with E-state index >= 15 is 0 Å². The summed E-state index contributed by atoms with van der Waals surface area (Å²) in [5, 5.41) is 30.9. The van der Waals surface area contributed by atoms with Gasteiger partial charge in [-0.1, -0.05) is 56.3 Å². The Morgan fingerprint density at radius 1 is 1.00 bits per heavy atom. The lowest BCUT2D eigenvalue weighted by atomic mass is 10.0. The highest BCUT2D eigenvalue weighted by molar-refractivity contribution is 7.89. The molecule has 39 heavy (non-hydrogen) atoms. The van der Waals surface area contributed by atoms with Gasteiger partial charge in [-0.15, -0.1) is 10.2 Å². The van der Waals surface area contributed by atoms with E-state index in [1.54, 1.807) is 0 Å². The van der Waals surface area contributed by atoms with Crippen molar-refractivity contribution in [1.82, 2.24) is 4.57 Å². The number of anilines is 1. The van der Waals surface area contributed by atoms with Gasteiger partial charge in [0.15, 0.2) is 5.69 Å². The first kappa shape index (κ1) is 26.5. The predicted molar refractivity (Wildman–Crippen MR) is 159 cm³/mol. The summed E-state index contributed by atoms with van der Waals surface area (Å²) in [5.41, 5.74) is 3.82. The molecule has 0 aliphatic rings. The van der Waals surface area contributed by atoms with Crippen molar-refractivity contribution in [1.29, 1.82) is 0 Å². The summed E-state index contributed by atoms with van der Waals surface area (Å²) in [6.07, 6.45) is 0. The van der Waals surface area contributed by atoms with Gasteiger partial charge in [-0.2, -0.15) is 0 Å². The molecule has 0 saturated carbocycles. The molecule has 8 nitrogen and oxygen atoms in total. The molecular weight excluding hydrogens is 530 g/mol. The molecule has 0 unspecified atom stereocenters. The van der Waals surface area contributed by atoms with E-state index in [4.69, 9.17) is 17.4 Å². The van der Waals surface area contributed by atoms with E-state index in [1.807, 2.05) is 28.8 Å². The topological polar surface area (TPSA) is 122 Å². The third-order valence-electron chi connectivity index (χ3n) is 6.53. The Morgan fingerprint density at radius 2 is 1.72 bits per heavy atom. The average molecular weight is 558 g/mol. The van der Waals surface area contributed by atoms with Crippen LogP contribution in [0.15, 0.2) is 100 Å². The van der Waals surface area contributed by atoms with Crippen LogP contribution in [0.3, 0.4) is 0 Å². The smallest absolute Gasteiger partial charge is 0.238 e. The molecule has 0 fully saturated rings. The van der Waals surface area contributed by atoms with Gasteiger partial charge >= 0.3 is 0 Å². The van der Waals surface area contributed by atoms with Gasteiger partial charge in [0.2, 0.25) is 21.0 Å². The van der Waals surface area contributed by atoms with Gasteiger partial charge < -0.3 is 15.0 Å². The van der Waals surface area contributed by atoms with Crippen molar-refractivity contribution < 1.29 is 13.5 Å². The molecule has 10 heteroatoms. The van der Waals surface area contributed by atoms with Crippen molar-refractivity contribution in [2.45, 2.75) is 31.2 Å². The van der Waals surface area contributed by atoms with Gasteiger partial charge in [-0.05, 0) is 82.5 Å². The number of nitrogens with one attached hydrogen (secondary N) is 1. The molecule has 4 N–H and O–H groups in total. The van der Waals surface area contributed by atoms with Crippen LogP contribution in [0.1, 0.15) is 30.9 Å². The van der Waals surface area contributed by atoms with Gasteiger partial charge in [0.25, 0.3) is 0 Å². The molecule has 0 bridgehead atoms. The highest BCUT2D eigenvalue weighted by Crippen LogP contribution is 2.40. The SMILES string of the molecule is CC(C)c1ccc2c(c1)c(N=NC(=S)Nc1ccc(S(N)(=O)=O)cc1)c(O)n2Cc1ccc2ccccc2c1. The Balaban J connectivity index is 1.48. The fourth-order valence-corrected chi connectivity index (χ4v) is 5.12. The largest absolute Gasteiger partial charge is 0.493 e.